The first-order chi connectivity index (χ1) is 6.19. The third-order valence-corrected chi connectivity index (χ3v) is 2.33. The molecule has 0 saturated heterocycles. The van der Waals surface area contributed by atoms with Gasteiger partial charge in [0.15, 0.2) is 0 Å². The van der Waals surface area contributed by atoms with Crippen molar-refractivity contribution in [1.29, 1.82) is 0 Å². The molecule has 0 aliphatic carbocycles. The fourth-order valence-corrected chi connectivity index (χ4v) is 1.54. The van der Waals surface area contributed by atoms with E-state index in [4.69, 9.17) is 11.6 Å². The minimum Gasteiger partial charge on any atom is -0.313 e. The molecule has 1 nitrogen and oxygen atoms in total. The summed E-state index contributed by atoms with van der Waals surface area (Å²) in [6, 6.07) is 4.67. The first-order valence-corrected chi connectivity index (χ1v) is 4.69. The van der Waals surface area contributed by atoms with E-state index in [1.54, 1.807) is 12.1 Å². The van der Waals surface area contributed by atoms with Gasteiger partial charge in [0.2, 0.25) is 0 Å². The van der Waals surface area contributed by atoms with Crippen LogP contribution in [0.4, 0.5) is 4.39 Å². The zero-order chi connectivity index (χ0) is 9.84. The molecule has 1 aromatic carbocycles. The molecule has 1 N–H and O–H groups in total. The molecule has 1 rings (SSSR count). The summed E-state index contributed by atoms with van der Waals surface area (Å²) in [5.41, 5.74) is 0.637. The predicted octanol–water partition coefficient (Wildman–Crippen LogP) is 3.15. The van der Waals surface area contributed by atoms with Gasteiger partial charge in [-0.2, -0.15) is 0 Å². The van der Waals surface area contributed by atoms with E-state index in [-0.39, 0.29) is 11.9 Å². The van der Waals surface area contributed by atoms with E-state index >= 15 is 0 Å². The Morgan fingerprint density at radius 2 is 2.23 bits per heavy atom. The summed E-state index contributed by atoms with van der Waals surface area (Å²) in [6.45, 7) is 2.00. The second-order valence-corrected chi connectivity index (χ2v) is 3.35. The smallest absolute Gasteiger partial charge is 0.128 e. The van der Waals surface area contributed by atoms with Crippen molar-refractivity contribution in [3.05, 3.63) is 34.6 Å². The van der Waals surface area contributed by atoms with Gasteiger partial charge in [-0.25, -0.2) is 4.39 Å². The standard InChI is InChI=1S/C10H13ClFN/c1-3-10(13-2)8-6-7(11)4-5-9(8)12/h4-6,10,13H,3H2,1-2H3. The molecule has 0 saturated carbocycles. The van der Waals surface area contributed by atoms with Gasteiger partial charge >= 0.3 is 0 Å². The van der Waals surface area contributed by atoms with E-state index in [0.717, 1.165) is 6.42 Å². The summed E-state index contributed by atoms with van der Waals surface area (Å²) in [6.07, 6.45) is 0.841. The van der Waals surface area contributed by atoms with Crippen molar-refractivity contribution in [2.75, 3.05) is 7.05 Å². The summed E-state index contributed by atoms with van der Waals surface area (Å²) in [5.74, 6) is -0.203. The Morgan fingerprint density at radius 3 is 2.77 bits per heavy atom. The van der Waals surface area contributed by atoms with Crippen molar-refractivity contribution in [3.63, 3.8) is 0 Å². The Labute approximate surface area is 82.9 Å². The van der Waals surface area contributed by atoms with Gasteiger partial charge in [0.1, 0.15) is 5.82 Å². The first-order valence-electron chi connectivity index (χ1n) is 4.31. The minimum absolute atomic E-state index is 0.0405. The Bertz CT molecular complexity index is 284. The third-order valence-electron chi connectivity index (χ3n) is 2.09. The van der Waals surface area contributed by atoms with Gasteiger partial charge in [-0.05, 0) is 31.7 Å². The van der Waals surface area contributed by atoms with E-state index < -0.39 is 0 Å². The first kappa shape index (κ1) is 10.5. The van der Waals surface area contributed by atoms with Crippen molar-refractivity contribution < 1.29 is 4.39 Å². The van der Waals surface area contributed by atoms with Crippen LogP contribution >= 0.6 is 11.6 Å². The van der Waals surface area contributed by atoms with Crippen LogP contribution in [0.2, 0.25) is 5.02 Å². The highest BCUT2D eigenvalue weighted by Gasteiger charge is 2.11. The van der Waals surface area contributed by atoms with Gasteiger partial charge in [0.25, 0.3) is 0 Å². The maximum Gasteiger partial charge on any atom is 0.128 e. The molecule has 0 aromatic heterocycles. The Morgan fingerprint density at radius 1 is 1.54 bits per heavy atom. The van der Waals surface area contributed by atoms with Crippen molar-refractivity contribution in [3.8, 4) is 0 Å². The lowest BCUT2D eigenvalue weighted by molar-refractivity contribution is 0.525. The molecule has 0 aliphatic heterocycles. The van der Waals surface area contributed by atoms with Crippen LogP contribution in [-0.4, -0.2) is 7.05 Å². The normalized spacial score (nSPS) is 12.9. The molecule has 0 heterocycles. The Kier molecular flexibility index (Phi) is 3.70. The average molecular weight is 202 g/mol. The lowest BCUT2D eigenvalue weighted by Crippen LogP contribution is -2.16. The number of hydrogen-bond acceptors (Lipinski definition) is 1. The highest BCUT2D eigenvalue weighted by Crippen LogP contribution is 2.22. The van der Waals surface area contributed by atoms with E-state index in [1.807, 2.05) is 14.0 Å². The van der Waals surface area contributed by atoms with Crippen LogP contribution in [0.1, 0.15) is 24.9 Å². The SMILES string of the molecule is CCC(NC)c1cc(Cl)ccc1F. The van der Waals surface area contributed by atoms with Crippen molar-refractivity contribution in [2.24, 2.45) is 0 Å². The molecular formula is C10H13ClFN. The summed E-state index contributed by atoms with van der Waals surface area (Å²) in [5, 5.41) is 3.61. The fourth-order valence-electron chi connectivity index (χ4n) is 1.36. The summed E-state index contributed by atoms with van der Waals surface area (Å²) >= 11 is 5.78. The van der Waals surface area contributed by atoms with E-state index in [0.29, 0.717) is 10.6 Å². The van der Waals surface area contributed by atoms with Crippen LogP contribution in [0.25, 0.3) is 0 Å². The second-order valence-electron chi connectivity index (χ2n) is 2.92. The molecule has 1 atom stereocenters. The molecule has 1 aromatic rings. The topological polar surface area (TPSA) is 12.0 Å². The molecular weight excluding hydrogens is 189 g/mol. The van der Waals surface area contributed by atoms with Crippen LogP contribution in [-0.2, 0) is 0 Å². The molecule has 0 spiro atoms. The molecule has 0 aliphatic rings. The maximum atomic E-state index is 13.3. The molecule has 0 amide bonds. The Balaban J connectivity index is 3.03. The lowest BCUT2D eigenvalue weighted by Gasteiger charge is -2.15. The number of hydrogen-bond donors (Lipinski definition) is 1. The highest BCUT2D eigenvalue weighted by atomic mass is 35.5. The number of benzene rings is 1. The zero-order valence-corrected chi connectivity index (χ0v) is 8.53. The maximum absolute atomic E-state index is 13.3. The molecule has 13 heavy (non-hydrogen) atoms. The highest BCUT2D eigenvalue weighted by molar-refractivity contribution is 6.30. The summed E-state index contributed by atoms with van der Waals surface area (Å²) in [7, 11) is 1.81. The van der Waals surface area contributed by atoms with Gasteiger partial charge in [-0.3, -0.25) is 0 Å². The van der Waals surface area contributed by atoms with Gasteiger partial charge < -0.3 is 5.32 Å². The second kappa shape index (κ2) is 4.58. The largest absolute Gasteiger partial charge is 0.313 e. The Hall–Kier alpha value is -0.600. The molecule has 0 bridgehead atoms. The van der Waals surface area contributed by atoms with Crippen molar-refractivity contribution >= 4 is 11.6 Å². The average Bonchev–Trinajstić information content (AvgIpc) is 2.13. The van der Waals surface area contributed by atoms with Gasteiger partial charge in [0.05, 0.1) is 0 Å². The zero-order valence-electron chi connectivity index (χ0n) is 7.77. The van der Waals surface area contributed by atoms with E-state index in [1.165, 1.54) is 6.07 Å². The lowest BCUT2D eigenvalue weighted by atomic mass is 10.0. The summed E-state index contributed by atoms with van der Waals surface area (Å²) in [4.78, 5) is 0. The number of nitrogens with one attached hydrogen (secondary N) is 1. The molecule has 72 valence electrons. The molecule has 3 heteroatoms. The number of rotatable bonds is 3. The number of halogens is 2. The molecule has 1 unspecified atom stereocenters. The molecule has 0 radical (unpaired) electrons. The van der Waals surface area contributed by atoms with Crippen LogP contribution in [0.5, 0.6) is 0 Å². The van der Waals surface area contributed by atoms with Crippen molar-refractivity contribution in [1.82, 2.24) is 5.32 Å². The predicted molar refractivity (Wildman–Crippen MR) is 53.5 cm³/mol. The van der Waals surface area contributed by atoms with Gasteiger partial charge in [-0.15, -0.1) is 0 Å². The van der Waals surface area contributed by atoms with Gasteiger partial charge in [-0.1, -0.05) is 18.5 Å². The van der Waals surface area contributed by atoms with Crippen LogP contribution in [0.3, 0.4) is 0 Å². The van der Waals surface area contributed by atoms with Crippen LogP contribution < -0.4 is 5.32 Å². The third kappa shape index (κ3) is 2.42. The molecule has 0 fully saturated rings. The van der Waals surface area contributed by atoms with E-state index in [9.17, 15) is 4.39 Å². The van der Waals surface area contributed by atoms with Crippen molar-refractivity contribution in [2.45, 2.75) is 19.4 Å². The van der Waals surface area contributed by atoms with Gasteiger partial charge in [0, 0.05) is 16.6 Å². The van der Waals surface area contributed by atoms with E-state index in [2.05, 4.69) is 5.32 Å². The monoisotopic (exact) mass is 201 g/mol. The fraction of sp³-hybridized carbons (Fsp3) is 0.400. The van der Waals surface area contributed by atoms with Crippen LogP contribution in [0, 0.1) is 5.82 Å². The van der Waals surface area contributed by atoms with Crippen LogP contribution in [0.15, 0.2) is 18.2 Å². The minimum atomic E-state index is -0.203. The summed E-state index contributed by atoms with van der Waals surface area (Å²) < 4.78 is 13.3. The quantitative estimate of drug-likeness (QED) is 0.792.